The van der Waals surface area contributed by atoms with Gasteiger partial charge >= 0.3 is 0 Å². The van der Waals surface area contributed by atoms with Gasteiger partial charge in [0.25, 0.3) is 0 Å². The predicted octanol–water partition coefficient (Wildman–Crippen LogP) is 3.26. The van der Waals surface area contributed by atoms with E-state index in [9.17, 15) is 0 Å². The molecule has 1 aromatic carbocycles. The molecule has 0 N–H and O–H groups in total. The highest BCUT2D eigenvalue weighted by atomic mass is 32.2. The van der Waals surface area contributed by atoms with E-state index >= 15 is 0 Å². The van der Waals surface area contributed by atoms with Crippen molar-refractivity contribution in [2.24, 2.45) is 0 Å². The Morgan fingerprint density at radius 1 is 1.24 bits per heavy atom. The molecule has 1 saturated heterocycles. The fourth-order valence-electron chi connectivity index (χ4n) is 2.93. The highest BCUT2D eigenvalue weighted by Crippen LogP contribution is 2.30. The van der Waals surface area contributed by atoms with Crippen LogP contribution in [0.1, 0.15) is 18.4 Å². The van der Waals surface area contributed by atoms with Crippen molar-refractivity contribution >= 4 is 17.3 Å². The van der Waals surface area contributed by atoms with Crippen LogP contribution in [0.15, 0.2) is 35.2 Å². The number of nitrogens with zero attached hydrogens (tertiary/aromatic N) is 1. The topological polar surface area (TPSA) is 21.7 Å². The Morgan fingerprint density at radius 3 is 2.76 bits per heavy atom. The van der Waals surface area contributed by atoms with Crippen LogP contribution in [0.3, 0.4) is 0 Å². The lowest BCUT2D eigenvalue weighted by Gasteiger charge is -2.27. The molecule has 0 unspecified atom stereocenters. The minimum Gasteiger partial charge on any atom is -0.350 e. The van der Waals surface area contributed by atoms with Gasteiger partial charge in [0.2, 0.25) is 0 Å². The summed E-state index contributed by atoms with van der Waals surface area (Å²) in [6.45, 7) is 4.71. The minimum absolute atomic E-state index is 0.0209. The molecule has 1 aromatic rings. The lowest BCUT2D eigenvalue weighted by Crippen LogP contribution is -2.31. The maximum Gasteiger partial charge on any atom is 0.159 e. The molecule has 21 heavy (non-hydrogen) atoms. The van der Waals surface area contributed by atoms with Gasteiger partial charge in [0, 0.05) is 31.0 Å². The van der Waals surface area contributed by atoms with Crippen LogP contribution in [0.5, 0.6) is 0 Å². The number of benzene rings is 1. The predicted molar refractivity (Wildman–Crippen MR) is 87.6 cm³/mol. The highest BCUT2D eigenvalue weighted by Gasteiger charge is 2.19. The molecule has 3 nitrogen and oxygen atoms in total. The molecular weight excluding hydrogens is 282 g/mol. The van der Waals surface area contributed by atoms with Crippen LogP contribution in [0, 0.1) is 0 Å². The molecular formula is C17H23NO2S. The van der Waals surface area contributed by atoms with E-state index in [-0.39, 0.29) is 6.29 Å². The van der Waals surface area contributed by atoms with E-state index in [1.54, 1.807) is 0 Å². The first-order valence-electron chi connectivity index (χ1n) is 7.65. The van der Waals surface area contributed by atoms with Gasteiger partial charge < -0.3 is 9.47 Å². The van der Waals surface area contributed by atoms with Crippen LogP contribution in [-0.2, 0) is 9.47 Å². The summed E-state index contributed by atoms with van der Waals surface area (Å²) in [5.74, 6) is 0. The van der Waals surface area contributed by atoms with Crippen LogP contribution in [0.4, 0.5) is 0 Å². The summed E-state index contributed by atoms with van der Waals surface area (Å²) in [6, 6.07) is 8.71. The van der Waals surface area contributed by atoms with Crippen molar-refractivity contribution in [1.29, 1.82) is 0 Å². The van der Waals surface area contributed by atoms with Crippen molar-refractivity contribution in [3.8, 4) is 0 Å². The minimum atomic E-state index is 0.0209. The largest absolute Gasteiger partial charge is 0.350 e. The molecule has 114 valence electrons. The third-order valence-electron chi connectivity index (χ3n) is 4.12. The second-order valence-electron chi connectivity index (χ2n) is 5.44. The van der Waals surface area contributed by atoms with E-state index in [2.05, 4.69) is 41.5 Å². The number of thioether (sulfide) groups is 1. The second kappa shape index (κ2) is 7.45. The molecule has 0 bridgehead atoms. The van der Waals surface area contributed by atoms with E-state index in [1.807, 2.05) is 11.8 Å². The summed E-state index contributed by atoms with van der Waals surface area (Å²) in [4.78, 5) is 3.86. The molecule has 3 rings (SSSR count). The molecule has 0 aromatic heterocycles. The van der Waals surface area contributed by atoms with Crippen LogP contribution in [0.25, 0.3) is 5.57 Å². The van der Waals surface area contributed by atoms with Gasteiger partial charge in [0.05, 0.1) is 13.2 Å². The van der Waals surface area contributed by atoms with E-state index in [0.717, 1.165) is 45.7 Å². The van der Waals surface area contributed by atoms with Crippen LogP contribution < -0.4 is 0 Å². The van der Waals surface area contributed by atoms with Gasteiger partial charge in [-0.2, -0.15) is 0 Å². The quantitative estimate of drug-likeness (QED) is 0.778. The first-order valence-corrected chi connectivity index (χ1v) is 8.87. The van der Waals surface area contributed by atoms with Crippen LogP contribution in [-0.4, -0.2) is 50.3 Å². The monoisotopic (exact) mass is 305 g/mol. The molecule has 0 radical (unpaired) electrons. The third kappa shape index (κ3) is 3.89. The fraction of sp³-hybridized carbons (Fsp3) is 0.529. The lowest BCUT2D eigenvalue weighted by molar-refractivity contribution is -0.0511. The smallest absolute Gasteiger partial charge is 0.159 e. The SMILES string of the molecule is CSc1ccccc1C1=CCN(CCC2OCCO2)CC1. The Labute approximate surface area is 131 Å². The summed E-state index contributed by atoms with van der Waals surface area (Å²) >= 11 is 1.83. The van der Waals surface area contributed by atoms with Gasteiger partial charge in [-0.3, -0.25) is 4.90 Å². The average molecular weight is 305 g/mol. The van der Waals surface area contributed by atoms with Gasteiger partial charge in [-0.15, -0.1) is 11.8 Å². The Hall–Kier alpha value is -0.810. The first-order chi connectivity index (χ1) is 10.4. The van der Waals surface area contributed by atoms with Gasteiger partial charge in [-0.05, 0) is 29.9 Å². The fourth-order valence-corrected chi connectivity index (χ4v) is 3.56. The standard InChI is InChI=1S/C17H23NO2S/c1-21-16-5-3-2-4-15(16)14-6-9-18(10-7-14)11-8-17-19-12-13-20-17/h2-6,17H,7-13H2,1H3. The van der Waals surface area contributed by atoms with Gasteiger partial charge in [-0.1, -0.05) is 24.3 Å². The van der Waals surface area contributed by atoms with Crippen molar-refractivity contribution in [3.05, 3.63) is 35.9 Å². The molecule has 2 heterocycles. The van der Waals surface area contributed by atoms with Crippen molar-refractivity contribution in [2.75, 3.05) is 39.1 Å². The molecule has 0 amide bonds. The van der Waals surface area contributed by atoms with Crippen LogP contribution in [0.2, 0.25) is 0 Å². The highest BCUT2D eigenvalue weighted by molar-refractivity contribution is 7.98. The first kappa shape index (κ1) is 15.1. The zero-order chi connectivity index (χ0) is 14.5. The summed E-state index contributed by atoms with van der Waals surface area (Å²) in [5.41, 5.74) is 2.90. The Bertz CT molecular complexity index is 497. The Morgan fingerprint density at radius 2 is 2.05 bits per heavy atom. The van der Waals surface area contributed by atoms with Crippen molar-refractivity contribution in [3.63, 3.8) is 0 Å². The molecule has 2 aliphatic heterocycles. The van der Waals surface area contributed by atoms with Crippen molar-refractivity contribution in [2.45, 2.75) is 24.0 Å². The molecule has 1 fully saturated rings. The average Bonchev–Trinajstić information content (AvgIpc) is 3.07. The summed E-state index contributed by atoms with van der Waals surface area (Å²) in [5, 5.41) is 0. The number of hydrogen-bond donors (Lipinski definition) is 0. The van der Waals surface area contributed by atoms with E-state index in [1.165, 1.54) is 16.0 Å². The number of ether oxygens (including phenoxy) is 2. The number of hydrogen-bond acceptors (Lipinski definition) is 4. The molecule has 0 aliphatic carbocycles. The Balaban J connectivity index is 1.56. The summed E-state index contributed by atoms with van der Waals surface area (Å²) in [7, 11) is 0. The summed E-state index contributed by atoms with van der Waals surface area (Å²) < 4.78 is 11.0. The maximum atomic E-state index is 5.50. The summed E-state index contributed by atoms with van der Waals surface area (Å²) in [6.07, 6.45) is 6.66. The number of rotatable bonds is 5. The molecule has 2 aliphatic rings. The van der Waals surface area contributed by atoms with E-state index < -0.39 is 0 Å². The maximum absolute atomic E-state index is 5.50. The van der Waals surface area contributed by atoms with Crippen molar-refractivity contribution in [1.82, 2.24) is 4.90 Å². The van der Waals surface area contributed by atoms with Gasteiger partial charge in [0.1, 0.15) is 0 Å². The molecule has 0 atom stereocenters. The molecule has 0 spiro atoms. The second-order valence-corrected chi connectivity index (χ2v) is 6.29. The van der Waals surface area contributed by atoms with Crippen molar-refractivity contribution < 1.29 is 9.47 Å². The van der Waals surface area contributed by atoms with Gasteiger partial charge in [0.15, 0.2) is 6.29 Å². The zero-order valence-corrected chi connectivity index (χ0v) is 13.4. The van der Waals surface area contributed by atoms with Gasteiger partial charge in [-0.25, -0.2) is 0 Å². The third-order valence-corrected chi connectivity index (χ3v) is 4.91. The normalized spacial score (nSPS) is 20.7. The molecule has 0 saturated carbocycles. The van der Waals surface area contributed by atoms with E-state index in [4.69, 9.17) is 9.47 Å². The van der Waals surface area contributed by atoms with Crippen LogP contribution >= 0.6 is 11.8 Å². The molecule has 4 heteroatoms. The van der Waals surface area contributed by atoms with E-state index in [0.29, 0.717) is 0 Å². The lowest BCUT2D eigenvalue weighted by atomic mass is 9.99. The Kier molecular flexibility index (Phi) is 5.36. The zero-order valence-electron chi connectivity index (χ0n) is 12.6.